The first-order chi connectivity index (χ1) is 8.42. The Morgan fingerprint density at radius 1 is 1.44 bits per heavy atom. The summed E-state index contributed by atoms with van der Waals surface area (Å²) in [6, 6.07) is 3.97. The Balaban J connectivity index is 2.59. The van der Waals surface area contributed by atoms with Crippen LogP contribution >= 0.6 is 15.9 Å². The van der Waals surface area contributed by atoms with Crippen LogP contribution < -0.4 is 4.74 Å². The van der Waals surface area contributed by atoms with Gasteiger partial charge in [-0.05, 0) is 51.9 Å². The van der Waals surface area contributed by atoms with Gasteiger partial charge in [0.25, 0.3) is 0 Å². The maximum Gasteiger partial charge on any atom is 0.314 e. The lowest BCUT2D eigenvalue weighted by molar-refractivity contribution is -0.140. The molecule has 18 heavy (non-hydrogen) atoms. The summed E-state index contributed by atoms with van der Waals surface area (Å²) in [7, 11) is 1.61. The fourth-order valence-electron chi connectivity index (χ4n) is 2.17. The number of hydrogen-bond donors (Lipinski definition) is 1. The van der Waals surface area contributed by atoms with Gasteiger partial charge in [0.1, 0.15) is 5.75 Å². The van der Waals surface area contributed by atoms with Crippen LogP contribution in [0.3, 0.4) is 0 Å². The van der Waals surface area contributed by atoms with Crippen molar-refractivity contribution < 1.29 is 14.6 Å². The van der Waals surface area contributed by atoms with Crippen LogP contribution in [0.2, 0.25) is 0 Å². The van der Waals surface area contributed by atoms with E-state index in [4.69, 9.17) is 4.74 Å². The fraction of sp³-hybridized carbons (Fsp3) is 0.500. The molecule has 0 unspecified atom stereocenters. The molecule has 1 saturated carbocycles. The van der Waals surface area contributed by atoms with E-state index in [2.05, 4.69) is 29.8 Å². The smallest absolute Gasteiger partial charge is 0.314 e. The SMILES string of the molecule is COc1cc(C(C)C)cc(C2(C(=O)O)CC2)c1Br. The average Bonchev–Trinajstić information content (AvgIpc) is 3.10. The number of halogens is 1. The van der Waals surface area contributed by atoms with Gasteiger partial charge >= 0.3 is 5.97 Å². The third kappa shape index (κ3) is 2.03. The number of aliphatic carboxylic acids is 1. The van der Waals surface area contributed by atoms with Crippen molar-refractivity contribution in [2.45, 2.75) is 38.0 Å². The Kier molecular flexibility index (Phi) is 3.41. The molecular formula is C14H17BrO3. The van der Waals surface area contributed by atoms with Crippen molar-refractivity contribution in [3.63, 3.8) is 0 Å². The molecule has 0 bridgehead atoms. The van der Waals surface area contributed by atoms with E-state index in [9.17, 15) is 9.90 Å². The Hall–Kier alpha value is -1.03. The van der Waals surface area contributed by atoms with Crippen molar-refractivity contribution in [3.8, 4) is 5.75 Å². The molecule has 0 spiro atoms. The van der Waals surface area contributed by atoms with Crippen molar-refractivity contribution in [2.24, 2.45) is 0 Å². The van der Waals surface area contributed by atoms with Crippen LogP contribution in [0.1, 0.15) is 43.7 Å². The number of rotatable bonds is 4. The highest BCUT2D eigenvalue weighted by Gasteiger charge is 2.53. The number of hydrogen-bond acceptors (Lipinski definition) is 2. The zero-order chi connectivity index (χ0) is 13.5. The van der Waals surface area contributed by atoms with Gasteiger partial charge in [-0.1, -0.05) is 19.9 Å². The molecule has 98 valence electrons. The Morgan fingerprint density at radius 3 is 2.44 bits per heavy atom. The van der Waals surface area contributed by atoms with E-state index < -0.39 is 11.4 Å². The minimum atomic E-state index is -0.744. The summed E-state index contributed by atoms with van der Waals surface area (Å²) in [5, 5.41) is 9.41. The number of methoxy groups -OCH3 is 1. The van der Waals surface area contributed by atoms with Crippen LogP contribution in [0.25, 0.3) is 0 Å². The van der Waals surface area contributed by atoms with Gasteiger partial charge in [0, 0.05) is 0 Å². The van der Waals surface area contributed by atoms with Crippen molar-refractivity contribution in [1.29, 1.82) is 0 Å². The molecule has 0 amide bonds. The van der Waals surface area contributed by atoms with Crippen LogP contribution in [0.5, 0.6) is 5.75 Å². The second-order valence-corrected chi connectivity index (χ2v) is 5.92. The second-order valence-electron chi connectivity index (χ2n) is 5.13. The number of benzene rings is 1. The van der Waals surface area contributed by atoms with E-state index >= 15 is 0 Å². The topological polar surface area (TPSA) is 46.5 Å². The maximum absolute atomic E-state index is 11.5. The standard InChI is InChI=1S/C14H17BrO3/c1-8(2)9-6-10(12(15)11(7-9)18-3)14(4-5-14)13(16)17/h6-8H,4-5H2,1-3H3,(H,16,17). The first-order valence-corrected chi connectivity index (χ1v) is 6.83. The molecule has 0 aliphatic heterocycles. The number of carbonyl (C=O) groups is 1. The van der Waals surface area contributed by atoms with E-state index in [0.717, 1.165) is 15.6 Å². The highest BCUT2D eigenvalue weighted by Crippen LogP contribution is 2.53. The summed E-state index contributed by atoms with van der Waals surface area (Å²) < 4.78 is 6.11. The minimum absolute atomic E-state index is 0.343. The van der Waals surface area contributed by atoms with Crippen LogP contribution in [-0.4, -0.2) is 18.2 Å². The van der Waals surface area contributed by atoms with Gasteiger partial charge in [-0.2, -0.15) is 0 Å². The van der Waals surface area contributed by atoms with Crippen LogP contribution in [0.4, 0.5) is 0 Å². The zero-order valence-electron chi connectivity index (χ0n) is 10.8. The molecule has 0 radical (unpaired) electrons. The molecule has 3 nitrogen and oxygen atoms in total. The molecule has 2 rings (SSSR count). The quantitative estimate of drug-likeness (QED) is 0.922. The fourth-order valence-corrected chi connectivity index (χ4v) is 2.94. The molecule has 1 N–H and O–H groups in total. The molecule has 1 aliphatic carbocycles. The van der Waals surface area contributed by atoms with Crippen molar-refractivity contribution in [2.75, 3.05) is 7.11 Å². The van der Waals surface area contributed by atoms with Gasteiger partial charge in [-0.25, -0.2) is 0 Å². The van der Waals surface area contributed by atoms with E-state index in [0.29, 0.717) is 24.5 Å². The second kappa shape index (κ2) is 4.57. The lowest BCUT2D eigenvalue weighted by Gasteiger charge is -2.18. The largest absolute Gasteiger partial charge is 0.496 e. The monoisotopic (exact) mass is 312 g/mol. The molecule has 4 heteroatoms. The molecule has 0 heterocycles. The molecule has 1 aromatic rings. The minimum Gasteiger partial charge on any atom is -0.496 e. The first kappa shape index (κ1) is 13.4. The third-order valence-corrected chi connectivity index (χ3v) is 4.44. The average molecular weight is 313 g/mol. The van der Waals surface area contributed by atoms with Crippen LogP contribution in [-0.2, 0) is 10.2 Å². The summed E-state index contributed by atoms with van der Waals surface area (Å²) in [6.45, 7) is 4.18. The predicted octanol–water partition coefficient (Wildman–Crippen LogP) is 3.70. The maximum atomic E-state index is 11.5. The van der Waals surface area contributed by atoms with E-state index in [1.54, 1.807) is 7.11 Å². The third-order valence-electron chi connectivity index (χ3n) is 3.62. The van der Waals surface area contributed by atoms with Gasteiger partial charge in [0.15, 0.2) is 0 Å². The normalized spacial score (nSPS) is 16.7. The van der Waals surface area contributed by atoms with Crippen molar-refractivity contribution in [1.82, 2.24) is 0 Å². The van der Waals surface area contributed by atoms with Crippen molar-refractivity contribution in [3.05, 3.63) is 27.7 Å². The molecule has 1 aromatic carbocycles. The lowest BCUT2D eigenvalue weighted by Crippen LogP contribution is -2.20. The Bertz CT molecular complexity index is 490. The predicted molar refractivity (Wildman–Crippen MR) is 73.3 cm³/mol. The molecule has 0 aromatic heterocycles. The molecule has 0 saturated heterocycles. The number of ether oxygens (including phenoxy) is 1. The van der Waals surface area contributed by atoms with E-state index in [1.165, 1.54) is 0 Å². The van der Waals surface area contributed by atoms with E-state index in [1.807, 2.05) is 12.1 Å². The molecule has 1 fully saturated rings. The van der Waals surface area contributed by atoms with Gasteiger partial charge < -0.3 is 9.84 Å². The Morgan fingerprint density at radius 2 is 2.06 bits per heavy atom. The number of carboxylic acids is 1. The van der Waals surface area contributed by atoms with Gasteiger partial charge in [0.2, 0.25) is 0 Å². The summed E-state index contributed by atoms with van der Waals surface area (Å²) in [5.41, 5.74) is 1.24. The molecule has 1 aliphatic rings. The van der Waals surface area contributed by atoms with Crippen molar-refractivity contribution >= 4 is 21.9 Å². The summed E-state index contributed by atoms with van der Waals surface area (Å²) in [5.74, 6) is 0.310. The van der Waals surface area contributed by atoms with E-state index in [-0.39, 0.29) is 0 Å². The van der Waals surface area contributed by atoms with Crippen LogP contribution in [0.15, 0.2) is 16.6 Å². The zero-order valence-corrected chi connectivity index (χ0v) is 12.4. The first-order valence-electron chi connectivity index (χ1n) is 6.03. The number of carboxylic acid groups (broad SMARTS) is 1. The van der Waals surface area contributed by atoms with Gasteiger partial charge in [-0.15, -0.1) is 0 Å². The van der Waals surface area contributed by atoms with Crippen LogP contribution in [0, 0.1) is 0 Å². The summed E-state index contributed by atoms with van der Waals surface area (Å²) >= 11 is 3.48. The summed E-state index contributed by atoms with van der Waals surface area (Å²) in [6.07, 6.45) is 1.40. The summed E-state index contributed by atoms with van der Waals surface area (Å²) in [4.78, 5) is 11.5. The molecular weight excluding hydrogens is 296 g/mol. The lowest BCUT2D eigenvalue weighted by atomic mass is 9.91. The van der Waals surface area contributed by atoms with Gasteiger partial charge in [-0.3, -0.25) is 4.79 Å². The van der Waals surface area contributed by atoms with Gasteiger partial charge in [0.05, 0.1) is 17.0 Å². The molecule has 0 atom stereocenters. The Labute approximate surface area is 115 Å². The highest BCUT2D eigenvalue weighted by atomic mass is 79.9. The highest BCUT2D eigenvalue weighted by molar-refractivity contribution is 9.10.